The van der Waals surface area contributed by atoms with Crippen LogP contribution >= 0.6 is 12.2 Å². The van der Waals surface area contributed by atoms with E-state index in [2.05, 4.69) is 20.1 Å². The van der Waals surface area contributed by atoms with Crippen molar-refractivity contribution >= 4 is 23.3 Å². The normalized spacial score (nSPS) is 20.4. The Labute approximate surface area is 216 Å². The molecular weight excluding hydrogens is 476 g/mol. The Morgan fingerprint density at radius 3 is 2.78 bits per heavy atom. The van der Waals surface area contributed by atoms with Crippen LogP contribution in [0.5, 0.6) is 0 Å². The Kier molecular flexibility index (Phi) is 7.60. The number of furan rings is 1. The summed E-state index contributed by atoms with van der Waals surface area (Å²) in [7, 11) is 1.38. The number of aromatic nitrogens is 1. The van der Waals surface area contributed by atoms with E-state index >= 15 is 0 Å². The van der Waals surface area contributed by atoms with Gasteiger partial charge in [0.25, 0.3) is 0 Å². The summed E-state index contributed by atoms with van der Waals surface area (Å²) < 4.78 is 16.7. The van der Waals surface area contributed by atoms with E-state index in [0.29, 0.717) is 16.4 Å². The first kappa shape index (κ1) is 24.4. The number of morpholine rings is 1. The molecule has 0 bridgehead atoms. The van der Waals surface area contributed by atoms with Crippen LogP contribution in [-0.2, 0) is 9.47 Å². The lowest BCUT2D eigenvalue weighted by molar-refractivity contribution is 0.0365. The standard InChI is InChI=1S/C27H30N4O4S/c1-33-26(32)20-7-4-6-19(18-20)22-9-10-23(35-22)25-24(21-8-2-3-11-28-21)29-27(36)31(25)13-5-12-30-14-16-34-17-15-30/h2-4,6-11,18,24-25H,5,12-17H2,1H3,(H,29,36)/t24-,25+/m1/s1. The van der Waals surface area contributed by atoms with E-state index < -0.39 is 0 Å². The molecule has 8 nitrogen and oxygen atoms in total. The molecule has 0 aliphatic carbocycles. The van der Waals surface area contributed by atoms with Gasteiger partial charge in [-0.05, 0) is 55.0 Å². The minimum absolute atomic E-state index is 0.137. The van der Waals surface area contributed by atoms with Gasteiger partial charge in [0, 0.05) is 37.9 Å². The molecule has 0 radical (unpaired) electrons. The van der Waals surface area contributed by atoms with Crippen LogP contribution in [0, 0.1) is 0 Å². The lowest BCUT2D eigenvalue weighted by Gasteiger charge is -2.29. The molecule has 188 valence electrons. The smallest absolute Gasteiger partial charge is 0.337 e. The van der Waals surface area contributed by atoms with E-state index in [1.165, 1.54) is 7.11 Å². The number of methoxy groups -OCH3 is 1. The van der Waals surface area contributed by atoms with Crippen LogP contribution < -0.4 is 5.32 Å². The predicted octanol–water partition coefficient (Wildman–Crippen LogP) is 3.82. The Balaban J connectivity index is 1.40. The largest absolute Gasteiger partial charge is 0.465 e. The SMILES string of the molecule is COC(=O)c1cccc(-c2ccc([C@H]3[C@@H](c4ccccn4)NC(=S)N3CCCN3CCOCC3)o2)c1. The van der Waals surface area contributed by atoms with Crippen LogP contribution in [0.25, 0.3) is 11.3 Å². The minimum atomic E-state index is -0.379. The van der Waals surface area contributed by atoms with Gasteiger partial charge in [-0.2, -0.15) is 0 Å². The molecule has 3 aromatic rings. The highest BCUT2D eigenvalue weighted by Gasteiger charge is 2.41. The first-order valence-electron chi connectivity index (χ1n) is 12.2. The number of carbonyl (C=O) groups excluding carboxylic acids is 1. The van der Waals surface area contributed by atoms with Gasteiger partial charge in [-0.25, -0.2) is 4.79 Å². The first-order chi connectivity index (χ1) is 17.6. The molecule has 4 heterocycles. The van der Waals surface area contributed by atoms with Crippen molar-refractivity contribution in [2.75, 3.05) is 46.5 Å². The Morgan fingerprint density at radius 1 is 1.14 bits per heavy atom. The van der Waals surface area contributed by atoms with Crippen LogP contribution in [0.15, 0.2) is 65.2 Å². The summed E-state index contributed by atoms with van der Waals surface area (Å²) in [6, 6.07) is 16.8. The van der Waals surface area contributed by atoms with Crippen molar-refractivity contribution in [1.82, 2.24) is 20.1 Å². The Bertz CT molecular complexity index is 1200. The van der Waals surface area contributed by atoms with Gasteiger partial charge in [0.15, 0.2) is 5.11 Å². The van der Waals surface area contributed by atoms with Crippen molar-refractivity contribution in [3.8, 4) is 11.3 Å². The number of rotatable bonds is 8. The second kappa shape index (κ2) is 11.2. The number of benzene rings is 1. The van der Waals surface area contributed by atoms with Gasteiger partial charge < -0.3 is 24.1 Å². The highest BCUT2D eigenvalue weighted by atomic mass is 32.1. The monoisotopic (exact) mass is 506 g/mol. The zero-order valence-electron chi connectivity index (χ0n) is 20.3. The first-order valence-corrected chi connectivity index (χ1v) is 12.6. The molecule has 0 saturated carbocycles. The average Bonchev–Trinajstić information content (AvgIpc) is 3.54. The minimum Gasteiger partial charge on any atom is -0.465 e. The molecule has 2 fully saturated rings. The average molecular weight is 507 g/mol. The number of carbonyl (C=O) groups is 1. The fourth-order valence-electron chi connectivity index (χ4n) is 4.83. The number of ether oxygens (including phenoxy) is 2. The molecule has 0 spiro atoms. The number of hydrogen-bond acceptors (Lipinski definition) is 7. The zero-order chi connectivity index (χ0) is 24.9. The highest BCUT2D eigenvalue weighted by Crippen LogP contribution is 2.40. The quantitative estimate of drug-likeness (QED) is 0.362. The molecule has 2 aliphatic heterocycles. The lowest BCUT2D eigenvalue weighted by atomic mass is 10.0. The van der Waals surface area contributed by atoms with Gasteiger partial charge in [-0.3, -0.25) is 9.88 Å². The van der Waals surface area contributed by atoms with E-state index in [4.69, 9.17) is 26.1 Å². The molecule has 2 aromatic heterocycles. The van der Waals surface area contributed by atoms with Crippen LogP contribution in [0.1, 0.15) is 40.3 Å². The number of esters is 1. The maximum absolute atomic E-state index is 12.0. The molecule has 1 N–H and O–H groups in total. The summed E-state index contributed by atoms with van der Waals surface area (Å²) in [5.41, 5.74) is 2.20. The van der Waals surface area contributed by atoms with Crippen molar-refractivity contribution in [3.05, 3.63) is 77.8 Å². The fourth-order valence-corrected chi connectivity index (χ4v) is 5.16. The van der Waals surface area contributed by atoms with Crippen molar-refractivity contribution in [2.45, 2.75) is 18.5 Å². The van der Waals surface area contributed by atoms with E-state index in [9.17, 15) is 4.79 Å². The van der Waals surface area contributed by atoms with E-state index in [-0.39, 0.29) is 18.1 Å². The van der Waals surface area contributed by atoms with E-state index in [1.54, 1.807) is 18.3 Å². The molecule has 2 aliphatic rings. The summed E-state index contributed by atoms with van der Waals surface area (Å²) in [6.45, 7) is 5.31. The lowest BCUT2D eigenvalue weighted by Crippen LogP contribution is -2.38. The molecule has 9 heteroatoms. The van der Waals surface area contributed by atoms with Gasteiger partial charge in [0.2, 0.25) is 0 Å². The molecule has 2 atom stereocenters. The fraction of sp³-hybridized carbons (Fsp3) is 0.370. The van der Waals surface area contributed by atoms with Gasteiger partial charge in [-0.1, -0.05) is 18.2 Å². The Morgan fingerprint density at radius 2 is 2.00 bits per heavy atom. The summed E-state index contributed by atoms with van der Waals surface area (Å²) >= 11 is 5.78. The van der Waals surface area contributed by atoms with Crippen LogP contribution in [0.2, 0.25) is 0 Å². The summed E-state index contributed by atoms with van der Waals surface area (Å²) in [5, 5.41) is 4.18. The third kappa shape index (κ3) is 5.28. The Hall–Kier alpha value is -3.27. The summed E-state index contributed by atoms with van der Waals surface area (Å²) in [5.74, 6) is 1.10. The predicted molar refractivity (Wildman–Crippen MR) is 140 cm³/mol. The van der Waals surface area contributed by atoms with Gasteiger partial charge >= 0.3 is 5.97 Å². The second-order valence-corrected chi connectivity index (χ2v) is 9.29. The third-order valence-corrected chi connectivity index (χ3v) is 7.01. The maximum Gasteiger partial charge on any atom is 0.337 e. The van der Waals surface area contributed by atoms with Crippen molar-refractivity contribution < 1.29 is 18.7 Å². The number of pyridine rings is 1. The molecule has 0 amide bonds. The van der Waals surface area contributed by atoms with E-state index in [1.807, 2.05) is 42.5 Å². The molecule has 1 aromatic carbocycles. The van der Waals surface area contributed by atoms with Gasteiger partial charge in [0.1, 0.15) is 17.6 Å². The van der Waals surface area contributed by atoms with Gasteiger partial charge in [-0.15, -0.1) is 0 Å². The molecule has 2 saturated heterocycles. The number of nitrogens with zero attached hydrogens (tertiary/aromatic N) is 3. The topological polar surface area (TPSA) is 80.1 Å². The maximum atomic E-state index is 12.0. The number of hydrogen-bond donors (Lipinski definition) is 1. The van der Waals surface area contributed by atoms with Crippen molar-refractivity contribution in [1.29, 1.82) is 0 Å². The second-order valence-electron chi connectivity index (χ2n) is 8.90. The van der Waals surface area contributed by atoms with Crippen molar-refractivity contribution in [3.63, 3.8) is 0 Å². The summed E-state index contributed by atoms with van der Waals surface area (Å²) in [6.07, 6.45) is 2.77. The van der Waals surface area contributed by atoms with Crippen LogP contribution in [0.4, 0.5) is 0 Å². The van der Waals surface area contributed by atoms with Crippen LogP contribution in [-0.4, -0.2) is 72.4 Å². The number of nitrogens with one attached hydrogen (secondary N) is 1. The highest BCUT2D eigenvalue weighted by molar-refractivity contribution is 7.80. The molecule has 5 rings (SSSR count). The number of thiocarbonyl (C=S) groups is 1. The third-order valence-electron chi connectivity index (χ3n) is 6.66. The van der Waals surface area contributed by atoms with Crippen molar-refractivity contribution in [2.24, 2.45) is 0 Å². The van der Waals surface area contributed by atoms with Crippen LogP contribution in [0.3, 0.4) is 0 Å². The molecule has 36 heavy (non-hydrogen) atoms. The molecular formula is C27H30N4O4S. The summed E-state index contributed by atoms with van der Waals surface area (Å²) in [4.78, 5) is 21.2. The zero-order valence-corrected chi connectivity index (χ0v) is 21.1. The van der Waals surface area contributed by atoms with Gasteiger partial charge in [0.05, 0.1) is 37.6 Å². The van der Waals surface area contributed by atoms with E-state index in [0.717, 1.165) is 62.8 Å². The molecule has 0 unspecified atom stereocenters.